The molecule has 0 spiro atoms. The van der Waals surface area contributed by atoms with Crippen LogP contribution in [-0.2, 0) is 24.5 Å². The number of rotatable bonds is 6. The number of nitrogens with two attached hydrogens (primary N) is 1. The van der Waals surface area contributed by atoms with Crippen LogP contribution >= 0.6 is 11.6 Å². The lowest BCUT2D eigenvalue weighted by molar-refractivity contribution is -0.118. The summed E-state index contributed by atoms with van der Waals surface area (Å²) in [6, 6.07) is 21.9. The Hall–Kier alpha value is -4.01. The second kappa shape index (κ2) is 12.5. The Labute approximate surface area is 227 Å². The van der Waals surface area contributed by atoms with E-state index in [1.54, 1.807) is 0 Å². The lowest BCUT2D eigenvalue weighted by Gasteiger charge is -2.15. The van der Waals surface area contributed by atoms with Crippen molar-refractivity contribution in [2.45, 2.75) is 40.5 Å². The first kappa shape index (κ1) is 27.0. The number of aliphatic imine (C=N–C) groups is 1. The van der Waals surface area contributed by atoms with Crippen molar-refractivity contribution in [3.63, 3.8) is 0 Å². The maximum atomic E-state index is 9.93. The molecule has 9 heteroatoms. The molecule has 3 aromatic carbocycles. The third-order valence-electron chi connectivity index (χ3n) is 5.91. The van der Waals surface area contributed by atoms with Gasteiger partial charge in [0.25, 0.3) is 0 Å². The molecule has 3 N–H and O–H groups in total. The topological polar surface area (TPSA) is 107 Å². The fourth-order valence-corrected chi connectivity index (χ4v) is 4.29. The number of ether oxygens (including phenoxy) is 1. The van der Waals surface area contributed by atoms with Crippen LogP contribution in [0.15, 0.2) is 71.7 Å². The first-order valence-electron chi connectivity index (χ1n) is 12.4. The van der Waals surface area contributed by atoms with Crippen molar-refractivity contribution in [1.82, 2.24) is 20.1 Å². The van der Waals surface area contributed by atoms with E-state index in [9.17, 15) is 4.79 Å². The Balaban J connectivity index is 0.000000505. The third kappa shape index (κ3) is 6.45. The number of aromatic nitrogens is 3. The Morgan fingerprint density at radius 3 is 2.53 bits per heavy atom. The molecule has 0 atom stereocenters. The van der Waals surface area contributed by atoms with Crippen molar-refractivity contribution in [2.24, 2.45) is 10.7 Å². The van der Waals surface area contributed by atoms with Crippen LogP contribution in [0.5, 0.6) is 5.75 Å². The predicted molar refractivity (Wildman–Crippen MR) is 150 cm³/mol. The smallest absolute Gasteiger partial charge is 0.216 e. The van der Waals surface area contributed by atoms with Crippen molar-refractivity contribution in [3.05, 3.63) is 106 Å². The highest BCUT2D eigenvalue weighted by Crippen LogP contribution is 2.29. The lowest BCUT2D eigenvalue weighted by Crippen LogP contribution is -2.18. The molecule has 2 heterocycles. The number of aryl methyl sites for hydroxylation is 1. The number of hydrogen-bond acceptors (Lipinski definition) is 6. The van der Waals surface area contributed by atoms with E-state index >= 15 is 0 Å². The van der Waals surface area contributed by atoms with Crippen LogP contribution in [0, 0.1) is 6.92 Å². The van der Waals surface area contributed by atoms with Crippen LogP contribution in [0.3, 0.4) is 0 Å². The zero-order valence-electron chi connectivity index (χ0n) is 21.7. The number of amides is 1. The monoisotopic (exact) mass is 530 g/mol. The molecular weight excluding hydrogens is 500 g/mol. The maximum Gasteiger partial charge on any atom is 0.216 e. The molecule has 8 nitrogen and oxygen atoms in total. The van der Waals surface area contributed by atoms with Crippen LogP contribution in [0.2, 0.25) is 5.02 Å². The van der Waals surface area contributed by atoms with Crippen molar-refractivity contribution < 1.29 is 9.53 Å². The first-order valence-corrected chi connectivity index (χ1v) is 12.8. The molecule has 0 fully saturated rings. The summed E-state index contributed by atoms with van der Waals surface area (Å²) >= 11 is 6.12. The second-order valence-electron chi connectivity index (χ2n) is 8.75. The molecule has 1 aliphatic heterocycles. The van der Waals surface area contributed by atoms with Gasteiger partial charge in [-0.25, -0.2) is 0 Å². The summed E-state index contributed by atoms with van der Waals surface area (Å²) < 4.78 is 8.20. The maximum absolute atomic E-state index is 9.93. The average molecular weight is 531 g/mol. The van der Waals surface area contributed by atoms with Gasteiger partial charge >= 0.3 is 0 Å². The standard InChI is InChI=1S/C25H22ClN5O.C4H9NO/c1-16-29-30-24-14-28-25(19-5-7-20(26)8-6-19)22-12-21(9-10-23(22)31(16)24)32-15-18-4-2-3-17(11-18)13-27;1-3-5-4(2)6/h2-12H,13-15,27H2,1H3;3H2,1-2H3,(H,5,6). The van der Waals surface area contributed by atoms with Gasteiger partial charge in [-0.2, -0.15) is 0 Å². The van der Waals surface area contributed by atoms with Crippen LogP contribution in [0.4, 0.5) is 0 Å². The lowest BCUT2D eigenvalue weighted by atomic mass is 10.00. The van der Waals surface area contributed by atoms with Gasteiger partial charge in [0.05, 0.1) is 11.4 Å². The number of carbonyl (C=O) groups excluding carboxylic acids is 1. The Bertz CT molecular complexity index is 1450. The number of nitrogens with zero attached hydrogens (tertiary/aromatic N) is 4. The van der Waals surface area contributed by atoms with Crippen molar-refractivity contribution in [1.29, 1.82) is 0 Å². The summed E-state index contributed by atoms with van der Waals surface area (Å²) in [5.74, 6) is 2.43. The highest BCUT2D eigenvalue weighted by atomic mass is 35.5. The highest BCUT2D eigenvalue weighted by Gasteiger charge is 2.22. The van der Waals surface area contributed by atoms with Gasteiger partial charge in [-0.3, -0.25) is 14.4 Å². The van der Waals surface area contributed by atoms with E-state index in [0.29, 0.717) is 24.7 Å². The molecule has 1 amide bonds. The van der Waals surface area contributed by atoms with Crippen LogP contribution in [0.25, 0.3) is 5.69 Å². The minimum absolute atomic E-state index is 0.0394. The number of halogens is 1. The number of carbonyl (C=O) groups is 1. The molecule has 0 saturated heterocycles. The van der Waals surface area contributed by atoms with Gasteiger partial charge in [0.15, 0.2) is 5.82 Å². The quantitative estimate of drug-likeness (QED) is 0.374. The fraction of sp³-hybridized carbons (Fsp3) is 0.241. The van der Waals surface area contributed by atoms with Gasteiger partial charge in [0.1, 0.15) is 24.7 Å². The molecule has 5 rings (SSSR count). The van der Waals surface area contributed by atoms with E-state index in [0.717, 1.165) is 57.6 Å². The number of fused-ring (bicyclic) bond motifs is 3. The number of hydrogen-bond donors (Lipinski definition) is 2. The van der Waals surface area contributed by atoms with Gasteiger partial charge in [-0.05, 0) is 55.3 Å². The van der Waals surface area contributed by atoms with Crippen LogP contribution < -0.4 is 15.8 Å². The normalized spacial score (nSPS) is 11.8. The molecule has 0 aliphatic carbocycles. The van der Waals surface area contributed by atoms with Crippen molar-refractivity contribution >= 4 is 23.2 Å². The summed E-state index contributed by atoms with van der Waals surface area (Å²) in [4.78, 5) is 14.8. The highest BCUT2D eigenvalue weighted by molar-refractivity contribution is 6.30. The average Bonchev–Trinajstić information content (AvgIpc) is 3.20. The van der Waals surface area contributed by atoms with Gasteiger partial charge in [0.2, 0.25) is 5.91 Å². The van der Waals surface area contributed by atoms with E-state index < -0.39 is 0 Å². The Kier molecular flexibility index (Phi) is 8.89. The van der Waals surface area contributed by atoms with Crippen LogP contribution in [-0.4, -0.2) is 32.9 Å². The van der Waals surface area contributed by atoms with Gasteiger partial charge in [-0.1, -0.05) is 48.0 Å². The van der Waals surface area contributed by atoms with Gasteiger partial charge in [0, 0.05) is 36.2 Å². The first-order chi connectivity index (χ1) is 18.4. The van der Waals surface area contributed by atoms with E-state index in [2.05, 4.69) is 26.1 Å². The minimum atomic E-state index is 0.0394. The molecule has 196 valence electrons. The molecular formula is C29H31ClN6O2. The molecule has 0 bridgehead atoms. The van der Waals surface area contributed by atoms with E-state index in [-0.39, 0.29) is 5.91 Å². The third-order valence-corrected chi connectivity index (χ3v) is 6.16. The summed E-state index contributed by atoms with van der Waals surface area (Å²) in [6.07, 6.45) is 0. The summed E-state index contributed by atoms with van der Waals surface area (Å²) in [7, 11) is 0. The molecule has 0 unspecified atom stereocenters. The minimum Gasteiger partial charge on any atom is -0.489 e. The molecule has 1 aliphatic rings. The zero-order chi connectivity index (χ0) is 27.1. The van der Waals surface area contributed by atoms with E-state index in [4.69, 9.17) is 27.1 Å². The van der Waals surface area contributed by atoms with Crippen LogP contribution in [0.1, 0.15) is 47.8 Å². The van der Waals surface area contributed by atoms with Crippen molar-refractivity contribution in [3.8, 4) is 11.4 Å². The van der Waals surface area contributed by atoms with E-state index in [1.807, 2.05) is 74.5 Å². The predicted octanol–water partition coefficient (Wildman–Crippen LogP) is 4.76. The van der Waals surface area contributed by atoms with Gasteiger partial charge in [-0.15, -0.1) is 10.2 Å². The SMILES string of the molecule is CCNC(C)=O.Cc1nnc2n1-c1ccc(OCc3cccc(CN)c3)cc1C(c1ccc(Cl)cc1)=NC2. The molecule has 0 saturated carbocycles. The Morgan fingerprint density at radius 1 is 1.08 bits per heavy atom. The molecule has 0 radical (unpaired) electrons. The molecule has 4 aromatic rings. The fourth-order valence-electron chi connectivity index (χ4n) is 4.16. The Morgan fingerprint density at radius 2 is 1.84 bits per heavy atom. The molecule has 1 aromatic heterocycles. The largest absolute Gasteiger partial charge is 0.489 e. The zero-order valence-corrected chi connectivity index (χ0v) is 22.5. The van der Waals surface area contributed by atoms with E-state index in [1.165, 1.54) is 6.92 Å². The number of benzene rings is 3. The number of nitrogens with one attached hydrogen (secondary N) is 1. The summed E-state index contributed by atoms with van der Waals surface area (Å²) in [5.41, 5.74) is 11.7. The van der Waals surface area contributed by atoms with Gasteiger partial charge < -0.3 is 15.8 Å². The molecule has 38 heavy (non-hydrogen) atoms. The summed E-state index contributed by atoms with van der Waals surface area (Å²) in [5, 5.41) is 11.8. The van der Waals surface area contributed by atoms with Crippen molar-refractivity contribution in [2.75, 3.05) is 6.54 Å². The second-order valence-corrected chi connectivity index (χ2v) is 9.19. The summed E-state index contributed by atoms with van der Waals surface area (Å²) in [6.45, 7) is 7.48.